The Bertz CT molecular complexity index is 448. The van der Waals surface area contributed by atoms with Crippen molar-refractivity contribution in [2.45, 2.75) is 31.7 Å². The summed E-state index contributed by atoms with van der Waals surface area (Å²) >= 11 is 0. The molecule has 112 valence electrons. The van der Waals surface area contributed by atoms with Gasteiger partial charge in [0.05, 0.1) is 0 Å². The van der Waals surface area contributed by atoms with Crippen molar-refractivity contribution in [1.29, 1.82) is 0 Å². The molecule has 1 aromatic carbocycles. The first-order chi connectivity index (χ1) is 9.54. The highest BCUT2D eigenvalue weighted by Gasteiger charge is 2.26. The van der Waals surface area contributed by atoms with Crippen molar-refractivity contribution >= 4 is 0 Å². The first kappa shape index (κ1) is 15.1. The minimum Gasteiger partial charge on any atom is -0.486 e. The Hall–Kier alpha value is -1.30. The van der Waals surface area contributed by atoms with Gasteiger partial charge >= 0.3 is 0 Å². The van der Waals surface area contributed by atoms with Gasteiger partial charge in [0.15, 0.2) is 17.4 Å². The SMILES string of the molecule is CNC(COc1c(F)c(F)cc(F)c1F)C1CCCC1. The summed E-state index contributed by atoms with van der Waals surface area (Å²) in [5.41, 5.74) is 0. The zero-order valence-electron chi connectivity index (χ0n) is 11.2. The number of ether oxygens (including phenoxy) is 1. The zero-order chi connectivity index (χ0) is 14.7. The van der Waals surface area contributed by atoms with Gasteiger partial charge in [-0.1, -0.05) is 12.8 Å². The quantitative estimate of drug-likeness (QED) is 0.663. The largest absolute Gasteiger partial charge is 0.486 e. The van der Waals surface area contributed by atoms with E-state index in [1.807, 2.05) is 0 Å². The fourth-order valence-corrected chi connectivity index (χ4v) is 2.67. The lowest BCUT2D eigenvalue weighted by molar-refractivity contribution is 0.205. The van der Waals surface area contributed by atoms with Crippen molar-refractivity contribution in [3.63, 3.8) is 0 Å². The summed E-state index contributed by atoms with van der Waals surface area (Å²) in [7, 11) is 1.73. The second kappa shape index (κ2) is 6.43. The van der Waals surface area contributed by atoms with Crippen LogP contribution in [0.25, 0.3) is 0 Å². The molecule has 0 radical (unpaired) electrons. The number of nitrogens with one attached hydrogen (secondary N) is 1. The number of benzene rings is 1. The lowest BCUT2D eigenvalue weighted by Crippen LogP contribution is -2.38. The third-order valence-corrected chi connectivity index (χ3v) is 3.82. The highest BCUT2D eigenvalue weighted by molar-refractivity contribution is 5.28. The number of rotatable bonds is 5. The van der Waals surface area contributed by atoms with Crippen LogP contribution in [0.4, 0.5) is 17.6 Å². The highest BCUT2D eigenvalue weighted by atomic mass is 19.2. The smallest absolute Gasteiger partial charge is 0.203 e. The van der Waals surface area contributed by atoms with Crippen LogP contribution in [0.15, 0.2) is 6.07 Å². The summed E-state index contributed by atoms with van der Waals surface area (Å²) in [6.07, 6.45) is 4.25. The molecule has 1 atom stereocenters. The maximum atomic E-state index is 13.4. The Morgan fingerprint density at radius 3 is 2.20 bits per heavy atom. The lowest BCUT2D eigenvalue weighted by Gasteiger charge is -2.23. The molecule has 0 saturated heterocycles. The Balaban J connectivity index is 2.09. The molecule has 1 aliphatic carbocycles. The predicted molar refractivity (Wildman–Crippen MR) is 66.6 cm³/mol. The van der Waals surface area contributed by atoms with Gasteiger partial charge in [0.1, 0.15) is 6.61 Å². The second-order valence-electron chi connectivity index (χ2n) is 5.05. The molecule has 6 heteroatoms. The standard InChI is InChI=1S/C14H17F4NO/c1-19-11(8-4-2-3-5-8)7-20-14-12(17)9(15)6-10(16)13(14)18/h6,8,11,19H,2-5,7H2,1H3. The first-order valence-corrected chi connectivity index (χ1v) is 6.67. The minimum atomic E-state index is -1.50. The maximum Gasteiger partial charge on any atom is 0.203 e. The van der Waals surface area contributed by atoms with Gasteiger partial charge in [-0.15, -0.1) is 0 Å². The van der Waals surface area contributed by atoms with Gasteiger partial charge in [0, 0.05) is 12.1 Å². The summed E-state index contributed by atoms with van der Waals surface area (Å²) in [5, 5.41) is 3.02. The molecule has 1 saturated carbocycles. The van der Waals surface area contributed by atoms with Crippen LogP contribution in [0.2, 0.25) is 0 Å². The molecule has 1 N–H and O–H groups in total. The summed E-state index contributed by atoms with van der Waals surface area (Å²) in [5.74, 6) is -6.54. The number of hydrogen-bond acceptors (Lipinski definition) is 2. The molecule has 0 aliphatic heterocycles. The van der Waals surface area contributed by atoms with Crippen LogP contribution in [0.1, 0.15) is 25.7 Å². The average Bonchev–Trinajstić information content (AvgIpc) is 2.94. The fraction of sp³-hybridized carbons (Fsp3) is 0.571. The van der Waals surface area contributed by atoms with E-state index in [1.165, 1.54) is 0 Å². The van der Waals surface area contributed by atoms with E-state index in [2.05, 4.69) is 5.32 Å². The van der Waals surface area contributed by atoms with Crippen LogP contribution in [0.3, 0.4) is 0 Å². The molecule has 2 rings (SSSR count). The van der Waals surface area contributed by atoms with Gasteiger partial charge in [-0.3, -0.25) is 0 Å². The van der Waals surface area contributed by atoms with E-state index in [-0.39, 0.29) is 18.7 Å². The molecule has 0 spiro atoms. The predicted octanol–water partition coefficient (Wildman–Crippen LogP) is 3.40. The number of likely N-dealkylation sites (N-methyl/N-ethyl adjacent to an activating group) is 1. The van der Waals surface area contributed by atoms with Crippen molar-refractivity contribution in [1.82, 2.24) is 5.32 Å². The zero-order valence-corrected chi connectivity index (χ0v) is 11.2. The van der Waals surface area contributed by atoms with Crippen LogP contribution >= 0.6 is 0 Å². The molecule has 0 heterocycles. The van der Waals surface area contributed by atoms with Crippen molar-refractivity contribution < 1.29 is 22.3 Å². The molecule has 2 nitrogen and oxygen atoms in total. The van der Waals surface area contributed by atoms with Gasteiger partial charge in [-0.05, 0) is 25.8 Å². The first-order valence-electron chi connectivity index (χ1n) is 6.67. The molecule has 1 fully saturated rings. The van der Waals surface area contributed by atoms with Gasteiger partial charge < -0.3 is 10.1 Å². The van der Waals surface area contributed by atoms with Gasteiger partial charge in [0.2, 0.25) is 11.6 Å². The third kappa shape index (κ3) is 3.06. The Labute approximate surface area is 115 Å². The van der Waals surface area contributed by atoms with Crippen molar-refractivity contribution in [3.05, 3.63) is 29.3 Å². The Morgan fingerprint density at radius 1 is 1.15 bits per heavy atom. The maximum absolute atomic E-state index is 13.4. The minimum absolute atomic E-state index is 0.0299. The summed E-state index contributed by atoms with van der Waals surface area (Å²) in [6.45, 7) is -0.0299. The highest BCUT2D eigenvalue weighted by Crippen LogP contribution is 2.30. The molecule has 0 aromatic heterocycles. The van der Waals surface area contributed by atoms with Crippen molar-refractivity contribution in [2.75, 3.05) is 13.7 Å². The van der Waals surface area contributed by atoms with E-state index >= 15 is 0 Å². The summed E-state index contributed by atoms with van der Waals surface area (Å²) in [4.78, 5) is 0. The topological polar surface area (TPSA) is 21.3 Å². The molecule has 20 heavy (non-hydrogen) atoms. The van der Waals surface area contributed by atoms with Crippen LogP contribution in [-0.2, 0) is 0 Å². The fourth-order valence-electron chi connectivity index (χ4n) is 2.67. The molecule has 1 aromatic rings. The molecule has 0 amide bonds. The van der Waals surface area contributed by atoms with Crippen LogP contribution in [0.5, 0.6) is 5.75 Å². The van der Waals surface area contributed by atoms with E-state index in [9.17, 15) is 17.6 Å². The van der Waals surface area contributed by atoms with Crippen LogP contribution in [0, 0.1) is 29.2 Å². The molecule has 1 aliphatic rings. The van der Waals surface area contributed by atoms with E-state index in [0.29, 0.717) is 5.92 Å². The van der Waals surface area contributed by atoms with Crippen LogP contribution < -0.4 is 10.1 Å². The van der Waals surface area contributed by atoms with Gasteiger partial charge in [-0.25, -0.2) is 8.78 Å². The lowest BCUT2D eigenvalue weighted by atomic mass is 9.99. The molecule has 0 bridgehead atoms. The van der Waals surface area contributed by atoms with E-state index in [0.717, 1.165) is 25.7 Å². The van der Waals surface area contributed by atoms with E-state index in [4.69, 9.17) is 4.74 Å². The molecular formula is C14H17F4NO. The van der Waals surface area contributed by atoms with Crippen molar-refractivity contribution in [3.8, 4) is 5.75 Å². The monoisotopic (exact) mass is 291 g/mol. The van der Waals surface area contributed by atoms with Crippen molar-refractivity contribution in [2.24, 2.45) is 5.92 Å². The number of halogens is 4. The molecule has 1 unspecified atom stereocenters. The van der Waals surface area contributed by atoms with Crippen LogP contribution in [-0.4, -0.2) is 19.7 Å². The van der Waals surface area contributed by atoms with E-state index < -0.39 is 29.0 Å². The second-order valence-corrected chi connectivity index (χ2v) is 5.05. The molecular weight excluding hydrogens is 274 g/mol. The third-order valence-electron chi connectivity index (χ3n) is 3.82. The summed E-state index contributed by atoms with van der Waals surface area (Å²) in [6, 6.07) is 0.0759. The summed E-state index contributed by atoms with van der Waals surface area (Å²) < 4.78 is 58.0. The normalized spacial score (nSPS) is 17.4. The number of hydrogen-bond donors (Lipinski definition) is 1. The van der Waals surface area contributed by atoms with Gasteiger partial charge in [-0.2, -0.15) is 8.78 Å². The average molecular weight is 291 g/mol. The van der Waals surface area contributed by atoms with Gasteiger partial charge in [0.25, 0.3) is 0 Å². The Morgan fingerprint density at radius 2 is 1.70 bits per heavy atom. The van der Waals surface area contributed by atoms with E-state index in [1.54, 1.807) is 7.05 Å². The Kier molecular flexibility index (Phi) is 4.86.